The summed E-state index contributed by atoms with van der Waals surface area (Å²) < 4.78 is 32.6. The van der Waals surface area contributed by atoms with Crippen molar-refractivity contribution >= 4 is 50.7 Å². The molecule has 1 aromatic heterocycles. The van der Waals surface area contributed by atoms with E-state index in [9.17, 15) is 22.8 Å². The number of hydrogen-bond donors (Lipinski definition) is 3. The number of sulfonamides is 1. The molecule has 1 heterocycles. The lowest BCUT2D eigenvalue weighted by atomic mass is 10.2. The maximum absolute atomic E-state index is 12.7. The van der Waals surface area contributed by atoms with Crippen LogP contribution in [0.25, 0.3) is 0 Å². The fourth-order valence-electron chi connectivity index (χ4n) is 2.53. The quantitative estimate of drug-likeness (QED) is 0.317. The highest BCUT2D eigenvalue weighted by Crippen LogP contribution is 2.23. The van der Waals surface area contributed by atoms with Gasteiger partial charge in [-0.15, -0.1) is 11.3 Å². The van der Waals surface area contributed by atoms with Crippen molar-refractivity contribution in [2.24, 2.45) is 0 Å². The Labute approximate surface area is 198 Å². The molecule has 3 N–H and O–H groups in total. The normalized spacial score (nSPS) is 10.9. The van der Waals surface area contributed by atoms with E-state index in [0.717, 1.165) is 11.6 Å². The Morgan fingerprint density at radius 3 is 2.42 bits per heavy atom. The van der Waals surface area contributed by atoms with Crippen LogP contribution in [-0.4, -0.2) is 32.8 Å². The summed E-state index contributed by atoms with van der Waals surface area (Å²) >= 11 is 7.22. The van der Waals surface area contributed by atoms with Gasteiger partial charge < -0.3 is 4.74 Å². The van der Waals surface area contributed by atoms with Crippen LogP contribution in [0.2, 0.25) is 5.02 Å². The van der Waals surface area contributed by atoms with Gasteiger partial charge in [0.2, 0.25) is 10.0 Å². The molecule has 0 spiro atoms. The van der Waals surface area contributed by atoms with E-state index in [0.29, 0.717) is 4.88 Å². The lowest BCUT2D eigenvalue weighted by Gasteiger charge is -2.11. The van der Waals surface area contributed by atoms with E-state index in [2.05, 4.69) is 15.6 Å². The number of carbonyl (C=O) groups excluding carboxylic acids is 3. The number of esters is 1. The molecule has 0 unspecified atom stereocenters. The number of rotatable bonds is 8. The van der Waals surface area contributed by atoms with E-state index >= 15 is 0 Å². The molecule has 0 aliphatic rings. The second kappa shape index (κ2) is 11.1. The van der Waals surface area contributed by atoms with Crippen LogP contribution in [0, 0.1) is 0 Å². The first-order valence-electron chi connectivity index (χ1n) is 9.39. The molecular formula is C21H18ClN3O6S2. The number of ether oxygens (including phenoxy) is 1. The maximum atomic E-state index is 12.7. The highest BCUT2D eigenvalue weighted by Gasteiger charge is 2.21. The van der Waals surface area contributed by atoms with E-state index in [-0.39, 0.29) is 22.0 Å². The molecule has 0 saturated heterocycles. The predicted octanol–water partition coefficient (Wildman–Crippen LogP) is 2.50. The van der Waals surface area contributed by atoms with Gasteiger partial charge in [0.15, 0.2) is 6.61 Å². The Hall–Kier alpha value is -3.25. The first kappa shape index (κ1) is 24.4. The Balaban J connectivity index is 1.58. The minimum absolute atomic E-state index is 0.0333. The van der Waals surface area contributed by atoms with Gasteiger partial charge in [0, 0.05) is 6.54 Å². The van der Waals surface area contributed by atoms with Gasteiger partial charge >= 0.3 is 5.97 Å². The van der Waals surface area contributed by atoms with Crippen molar-refractivity contribution in [1.82, 2.24) is 15.6 Å². The van der Waals surface area contributed by atoms with Gasteiger partial charge in [0.1, 0.15) is 4.90 Å². The molecular weight excluding hydrogens is 490 g/mol. The lowest BCUT2D eigenvalue weighted by molar-refractivity contribution is -0.125. The van der Waals surface area contributed by atoms with E-state index in [1.807, 2.05) is 6.07 Å². The number of amides is 2. The highest BCUT2D eigenvalue weighted by molar-refractivity contribution is 7.89. The molecule has 3 rings (SSSR count). The van der Waals surface area contributed by atoms with Crippen molar-refractivity contribution in [2.75, 3.05) is 6.61 Å². The van der Waals surface area contributed by atoms with Crippen LogP contribution in [0.4, 0.5) is 0 Å². The molecule has 0 aliphatic carbocycles. The smallest absolute Gasteiger partial charge is 0.338 e. The predicted molar refractivity (Wildman–Crippen MR) is 122 cm³/mol. The Morgan fingerprint density at radius 1 is 0.970 bits per heavy atom. The van der Waals surface area contributed by atoms with Crippen molar-refractivity contribution in [3.05, 3.63) is 87.1 Å². The van der Waals surface area contributed by atoms with Crippen LogP contribution in [0.5, 0.6) is 0 Å². The first-order valence-corrected chi connectivity index (χ1v) is 12.1. The van der Waals surface area contributed by atoms with E-state index in [1.54, 1.807) is 41.8 Å². The number of carbonyl (C=O) groups is 3. The number of benzene rings is 2. The standard InChI is InChI=1S/C21H18ClN3O6S2/c22-16-9-8-15(11-18(16)33(29,30)23-12-14-5-2-1-3-6-14)21(28)31-13-19(26)24-25-20(27)17-7-4-10-32-17/h1-11,23H,12-13H2,(H,24,26)(H,25,27). The van der Waals surface area contributed by atoms with Gasteiger partial charge in [0.25, 0.3) is 11.8 Å². The van der Waals surface area contributed by atoms with Crippen molar-refractivity contribution in [3.8, 4) is 0 Å². The van der Waals surface area contributed by atoms with E-state index in [1.165, 1.54) is 23.5 Å². The zero-order valence-corrected chi connectivity index (χ0v) is 19.3. The average molecular weight is 508 g/mol. The number of halogens is 1. The molecule has 12 heteroatoms. The van der Waals surface area contributed by atoms with Crippen LogP contribution in [0.1, 0.15) is 25.6 Å². The monoisotopic (exact) mass is 507 g/mol. The molecule has 0 bridgehead atoms. The van der Waals surface area contributed by atoms with Crippen LogP contribution < -0.4 is 15.6 Å². The third-order valence-electron chi connectivity index (χ3n) is 4.16. The summed E-state index contributed by atoms with van der Waals surface area (Å²) in [6.45, 7) is -0.661. The Bertz CT molecular complexity index is 1250. The fourth-order valence-corrected chi connectivity index (χ4v) is 4.69. The van der Waals surface area contributed by atoms with Crippen LogP contribution in [-0.2, 0) is 26.1 Å². The molecule has 3 aromatic rings. The van der Waals surface area contributed by atoms with Crippen molar-refractivity contribution in [2.45, 2.75) is 11.4 Å². The Kier molecular flexibility index (Phi) is 8.17. The van der Waals surface area contributed by atoms with Gasteiger partial charge in [-0.3, -0.25) is 20.4 Å². The maximum Gasteiger partial charge on any atom is 0.338 e. The first-order chi connectivity index (χ1) is 15.8. The number of thiophene rings is 1. The second-order valence-corrected chi connectivity index (χ2v) is 9.60. The summed E-state index contributed by atoms with van der Waals surface area (Å²) in [6.07, 6.45) is 0. The lowest BCUT2D eigenvalue weighted by Crippen LogP contribution is -2.43. The highest BCUT2D eigenvalue weighted by atomic mass is 35.5. The second-order valence-electron chi connectivity index (χ2n) is 6.51. The van der Waals surface area contributed by atoms with Crippen LogP contribution in [0.15, 0.2) is 70.9 Å². The average Bonchev–Trinajstić information content (AvgIpc) is 3.36. The molecule has 172 valence electrons. The number of hydrogen-bond acceptors (Lipinski definition) is 7. The minimum atomic E-state index is -4.03. The minimum Gasteiger partial charge on any atom is -0.452 e. The molecule has 0 fully saturated rings. The van der Waals surface area contributed by atoms with E-state index < -0.39 is 34.4 Å². The molecule has 0 saturated carbocycles. The fraction of sp³-hybridized carbons (Fsp3) is 0.0952. The zero-order valence-electron chi connectivity index (χ0n) is 16.9. The molecule has 0 aliphatic heterocycles. The molecule has 2 aromatic carbocycles. The number of nitrogens with one attached hydrogen (secondary N) is 3. The Morgan fingerprint density at radius 2 is 1.73 bits per heavy atom. The third kappa shape index (κ3) is 6.86. The molecule has 33 heavy (non-hydrogen) atoms. The van der Waals surface area contributed by atoms with Crippen LogP contribution in [0.3, 0.4) is 0 Å². The van der Waals surface area contributed by atoms with Crippen molar-refractivity contribution in [3.63, 3.8) is 0 Å². The topological polar surface area (TPSA) is 131 Å². The van der Waals surface area contributed by atoms with Crippen molar-refractivity contribution < 1.29 is 27.5 Å². The zero-order chi connectivity index (χ0) is 23.8. The van der Waals surface area contributed by atoms with Crippen molar-refractivity contribution in [1.29, 1.82) is 0 Å². The summed E-state index contributed by atoms with van der Waals surface area (Å²) in [4.78, 5) is 36.0. The van der Waals surface area contributed by atoms with Gasteiger partial charge in [-0.2, -0.15) is 0 Å². The van der Waals surface area contributed by atoms with Gasteiger partial charge in [-0.25, -0.2) is 17.9 Å². The summed E-state index contributed by atoms with van der Waals surface area (Å²) in [5.74, 6) is -2.23. The van der Waals surface area contributed by atoms with Gasteiger partial charge in [0.05, 0.1) is 15.5 Å². The summed E-state index contributed by atoms with van der Waals surface area (Å²) in [7, 11) is -4.03. The molecule has 9 nitrogen and oxygen atoms in total. The third-order valence-corrected chi connectivity index (χ3v) is 6.91. The summed E-state index contributed by atoms with van der Waals surface area (Å²) in [5.41, 5.74) is 4.93. The largest absolute Gasteiger partial charge is 0.452 e. The van der Waals surface area contributed by atoms with Gasteiger partial charge in [-0.1, -0.05) is 48.0 Å². The molecule has 2 amide bonds. The van der Waals surface area contributed by atoms with E-state index in [4.69, 9.17) is 16.3 Å². The molecule has 0 atom stereocenters. The SMILES string of the molecule is O=C(COC(=O)c1ccc(Cl)c(S(=O)(=O)NCc2ccccc2)c1)NNC(=O)c1cccs1. The van der Waals surface area contributed by atoms with Crippen LogP contribution >= 0.6 is 22.9 Å². The summed E-state index contributed by atoms with van der Waals surface area (Å²) in [5, 5.41) is 1.62. The summed E-state index contributed by atoms with van der Waals surface area (Å²) in [6, 6.07) is 15.7. The number of hydrazine groups is 1. The molecule has 0 radical (unpaired) electrons. The van der Waals surface area contributed by atoms with Gasteiger partial charge in [-0.05, 0) is 35.2 Å².